The van der Waals surface area contributed by atoms with Gasteiger partial charge in [-0.05, 0) is 37.3 Å². The number of amides is 1. The molecule has 0 aliphatic heterocycles. The summed E-state index contributed by atoms with van der Waals surface area (Å²) in [5.41, 5.74) is 7.93. The molecule has 0 atom stereocenters. The van der Waals surface area contributed by atoms with Crippen LogP contribution in [0.15, 0.2) is 18.2 Å². The fourth-order valence-corrected chi connectivity index (χ4v) is 2.78. The molecule has 0 unspecified atom stereocenters. The summed E-state index contributed by atoms with van der Waals surface area (Å²) < 4.78 is 0.272. The van der Waals surface area contributed by atoms with Gasteiger partial charge in [0.05, 0.1) is 5.56 Å². The van der Waals surface area contributed by atoms with Crippen molar-refractivity contribution in [1.82, 2.24) is 5.32 Å². The first-order chi connectivity index (χ1) is 8.97. The summed E-state index contributed by atoms with van der Waals surface area (Å²) >= 11 is 1.84. The maximum Gasteiger partial charge on any atom is 0.253 e. The van der Waals surface area contributed by atoms with Crippen LogP contribution in [-0.2, 0) is 0 Å². The second-order valence-electron chi connectivity index (χ2n) is 5.24. The lowest BCUT2D eigenvalue weighted by Gasteiger charge is -2.19. The van der Waals surface area contributed by atoms with E-state index in [9.17, 15) is 4.79 Å². The highest BCUT2D eigenvalue weighted by Crippen LogP contribution is 2.46. The van der Waals surface area contributed by atoms with E-state index in [1.807, 2.05) is 42.9 Å². The molecule has 2 rings (SSSR count). The minimum Gasteiger partial charge on any atom is -0.399 e. The number of anilines is 2. The number of nitrogens with one attached hydrogen (secondary N) is 1. The van der Waals surface area contributed by atoms with E-state index in [0.717, 1.165) is 12.2 Å². The van der Waals surface area contributed by atoms with Crippen molar-refractivity contribution in [3.05, 3.63) is 23.8 Å². The molecule has 104 valence electrons. The summed E-state index contributed by atoms with van der Waals surface area (Å²) in [7, 11) is 3.85. The molecule has 1 aromatic carbocycles. The third-order valence-corrected chi connectivity index (χ3v) is 4.98. The minimum atomic E-state index is -0.0451. The van der Waals surface area contributed by atoms with Crippen LogP contribution in [0.5, 0.6) is 0 Å². The summed E-state index contributed by atoms with van der Waals surface area (Å²) in [5, 5.41) is 3.03. The maximum absolute atomic E-state index is 12.3. The number of nitrogen functional groups attached to an aromatic ring is 1. The highest BCUT2D eigenvalue weighted by atomic mass is 32.2. The molecule has 1 aliphatic carbocycles. The van der Waals surface area contributed by atoms with E-state index in [-0.39, 0.29) is 10.7 Å². The number of thioether (sulfide) groups is 1. The Balaban J connectivity index is 2.11. The first-order valence-corrected chi connectivity index (χ1v) is 7.60. The number of nitrogens with zero attached hydrogens (tertiary/aromatic N) is 1. The van der Waals surface area contributed by atoms with Crippen molar-refractivity contribution < 1.29 is 4.79 Å². The van der Waals surface area contributed by atoms with Gasteiger partial charge >= 0.3 is 0 Å². The zero-order valence-corrected chi connectivity index (χ0v) is 12.5. The van der Waals surface area contributed by atoms with Crippen molar-refractivity contribution in [2.24, 2.45) is 0 Å². The lowest BCUT2D eigenvalue weighted by molar-refractivity contribution is 0.0953. The van der Waals surface area contributed by atoms with Gasteiger partial charge in [0.2, 0.25) is 0 Å². The lowest BCUT2D eigenvalue weighted by Crippen LogP contribution is -2.32. The van der Waals surface area contributed by atoms with Crippen LogP contribution in [0, 0.1) is 0 Å². The van der Waals surface area contributed by atoms with Gasteiger partial charge in [0.25, 0.3) is 5.91 Å². The molecule has 1 amide bonds. The average molecular weight is 279 g/mol. The third kappa shape index (κ3) is 3.15. The second-order valence-corrected chi connectivity index (χ2v) is 6.52. The highest BCUT2D eigenvalue weighted by Gasteiger charge is 2.42. The largest absolute Gasteiger partial charge is 0.399 e. The smallest absolute Gasteiger partial charge is 0.253 e. The quantitative estimate of drug-likeness (QED) is 0.809. The van der Waals surface area contributed by atoms with Gasteiger partial charge in [-0.3, -0.25) is 4.79 Å². The van der Waals surface area contributed by atoms with E-state index in [1.165, 1.54) is 12.8 Å². The molecule has 1 fully saturated rings. The van der Waals surface area contributed by atoms with Crippen molar-refractivity contribution in [2.45, 2.75) is 17.6 Å². The number of hydrogen-bond donors (Lipinski definition) is 2. The van der Waals surface area contributed by atoms with Gasteiger partial charge in [-0.2, -0.15) is 11.8 Å². The Labute approximate surface area is 118 Å². The Morgan fingerprint density at radius 2 is 2.16 bits per heavy atom. The number of hydrogen-bond acceptors (Lipinski definition) is 4. The minimum absolute atomic E-state index is 0.0451. The maximum atomic E-state index is 12.3. The summed E-state index contributed by atoms with van der Waals surface area (Å²) in [6.45, 7) is 0.731. The van der Waals surface area contributed by atoms with Gasteiger partial charge in [0.1, 0.15) is 0 Å². The molecule has 0 spiro atoms. The van der Waals surface area contributed by atoms with Crippen LogP contribution < -0.4 is 16.0 Å². The van der Waals surface area contributed by atoms with Gasteiger partial charge in [-0.15, -0.1) is 0 Å². The van der Waals surface area contributed by atoms with E-state index in [0.29, 0.717) is 11.3 Å². The van der Waals surface area contributed by atoms with Gasteiger partial charge in [0.15, 0.2) is 0 Å². The topological polar surface area (TPSA) is 58.4 Å². The van der Waals surface area contributed by atoms with E-state index in [4.69, 9.17) is 5.73 Å². The van der Waals surface area contributed by atoms with E-state index >= 15 is 0 Å². The van der Waals surface area contributed by atoms with Crippen molar-refractivity contribution in [2.75, 3.05) is 37.5 Å². The van der Waals surface area contributed by atoms with Gasteiger partial charge in [-0.25, -0.2) is 0 Å². The molecule has 0 saturated heterocycles. The predicted octanol–water partition coefficient (Wildman–Crippen LogP) is 1.96. The molecule has 5 heteroatoms. The summed E-state index contributed by atoms with van der Waals surface area (Å²) in [6.07, 6.45) is 4.47. The molecular weight excluding hydrogens is 258 g/mol. The molecule has 0 bridgehead atoms. The van der Waals surface area contributed by atoms with Gasteiger partial charge in [-0.1, -0.05) is 0 Å². The molecule has 4 nitrogen and oxygen atoms in total. The lowest BCUT2D eigenvalue weighted by atomic mass is 10.1. The van der Waals surface area contributed by atoms with Crippen LogP contribution in [0.4, 0.5) is 11.4 Å². The van der Waals surface area contributed by atoms with Crippen molar-refractivity contribution >= 4 is 29.0 Å². The van der Waals surface area contributed by atoms with E-state index < -0.39 is 0 Å². The second kappa shape index (κ2) is 5.33. The van der Waals surface area contributed by atoms with Crippen LogP contribution in [0.3, 0.4) is 0 Å². The summed E-state index contributed by atoms with van der Waals surface area (Å²) in [4.78, 5) is 14.2. The average Bonchev–Trinajstić information content (AvgIpc) is 3.16. The van der Waals surface area contributed by atoms with Crippen molar-refractivity contribution in [3.63, 3.8) is 0 Å². The number of carbonyl (C=O) groups is 1. The third-order valence-electron chi connectivity index (χ3n) is 3.56. The SMILES string of the molecule is CSC1(CNC(=O)c2cc(N)ccc2N(C)C)CC1. The number of carbonyl (C=O) groups excluding carboxylic acids is 1. The Kier molecular flexibility index (Phi) is 3.94. The number of rotatable bonds is 5. The fraction of sp³-hybridized carbons (Fsp3) is 0.500. The Bertz CT molecular complexity index is 484. The fourth-order valence-electron chi connectivity index (χ4n) is 2.05. The zero-order chi connectivity index (χ0) is 14.0. The Morgan fingerprint density at radius 1 is 1.47 bits per heavy atom. The predicted molar refractivity (Wildman–Crippen MR) is 83.0 cm³/mol. The monoisotopic (exact) mass is 279 g/mol. The first kappa shape index (κ1) is 14.1. The zero-order valence-electron chi connectivity index (χ0n) is 11.7. The summed E-state index contributed by atoms with van der Waals surface area (Å²) in [5.74, 6) is -0.0451. The van der Waals surface area contributed by atoms with Gasteiger partial charge < -0.3 is 16.0 Å². The van der Waals surface area contributed by atoms with Crippen LogP contribution in [-0.4, -0.2) is 37.6 Å². The molecule has 0 aromatic heterocycles. The molecule has 19 heavy (non-hydrogen) atoms. The highest BCUT2D eigenvalue weighted by molar-refractivity contribution is 8.00. The van der Waals surface area contributed by atoms with Crippen molar-refractivity contribution in [1.29, 1.82) is 0 Å². The van der Waals surface area contributed by atoms with Gasteiger partial charge in [0, 0.05) is 36.8 Å². The van der Waals surface area contributed by atoms with Crippen LogP contribution in [0.25, 0.3) is 0 Å². The molecule has 3 N–H and O–H groups in total. The molecule has 0 radical (unpaired) electrons. The molecular formula is C14H21N3OS. The normalized spacial score (nSPS) is 15.9. The van der Waals surface area contributed by atoms with E-state index in [2.05, 4.69) is 11.6 Å². The Morgan fingerprint density at radius 3 is 2.68 bits per heavy atom. The van der Waals surface area contributed by atoms with Crippen LogP contribution >= 0.6 is 11.8 Å². The first-order valence-electron chi connectivity index (χ1n) is 6.38. The molecule has 1 aliphatic rings. The molecule has 1 saturated carbocycles. The molecule has 0 heterocycles. The van der Waals surface area contributed by atoms with Crippen LogP contribution in [0.1, 0.15) is 23.2 Å². The van der Waals surface area contributed by atoms with Crippen molar-refractivity contribution in [3.8, 4) is 0 Å². The van der Waals surface area contributed by atoms with Crippen LogP contribution in [0.2, 0.25) is 0 Å². The van der Waals surface area contributed by atoms with E-state index in [1.54, 1.807) is 6.07 Å². The summed E-state index contributed by atoms with van der Waals surface area (Å²) in [6, 6.07) is 5.44. The standard InChI is InChI=1S/C14H21N3OS/c1-17(2)12-5-4-10(15)8-11(12)13(18)16-9-14(19-3)6-7-14/h4-5,8H,6-7,9,15H2,1-3H3,(H,16,18). The number of nitrogens with two attached hydrogens (primary N) is 1. The Hall–Kier alpha value is -1.36. The number of benzene rings is 1. The molecule has 1 aromatic rings.